The summed E-state index contributed by atoms with van der Waals surface area (Å²) >= 11 is 0. The van der Waals surface area contributed by atoms with E-state index in [1.807, 2.05) is 48.7 Å². The molecule has 0 aromatic carbocycles. The number of nitrogens with zero attached hydrogens (tertiary/aromatic N) is 6. The van der Waals surface area contributed by atoms with Crippen molar-refractivity contribution >= 4 is 22.2 Å². The number of nitrogens with one attached hydrogen (secondary N) is 2. The third-order valence-corrected chi connectivity index (χ3v) is 4.95. The van der Waals surface area contributed by atoms with Crippen LogP contribution in [0.5, 0.6) is 0 Å². The van der Waals surface area contributed by atoms with Crippen LogP contribution in [0.25, 0.3) is 56.1 Å². The summed E-state index contributed by atoms with van der Waals surface area (Å²) in [7, 11) is 0. The Morgan fingerprint density at radius 2 is 1.60 bits per heavy atom. The Morgan fingerprint density at radius 3 is 2.40 bits per heavy atom. The maximum Gasteiger partial charge on any atom is 0.178 e. The van der Waals surface area contributed by atoms with Gasteiger partial charge in [-0.05, 0) is 36.4 Å². The second-order valence-corrected chi connectivity index (χ2v) is 6.79. The Balaban J connectivity index is 1.52. The molecule has 8 nitrogen and oxygen atoms in total. The summed E-state index contributed by atoms with van der Waals surface area (Å²) in [5.74, 6) is 0.607. The summed E-state index contributed by atoms with van der Waals surface area (Å²) in [5, 5.41) is 7.50. The standard InChI is InChI=1S/C22H14N8/c1-3-13(11-23-8-1)15-7-10-25-21-18(15)27-22(28-21)20-19-17(29-30-20)6-5-16(26-19)14-4-2-9-24-12-14/h1-12H,(H,29,30)(H,25,27,28). The number of rotatable bonds is 3. The molecule has 0 fully saturated rings. The van der Waals surface area contributed by atoms with Gasteiger partial charge in [-0.25, -0.2) is 15.0 Å². The van der Waals surface area contributed by atoms with Gasteiger partial charge in [-0.15, -0.1) is 0 Å². The Bertz CT molecular complexity index is 1490. The second kappa shape index (κ2) is 6.56. The molecule has 0 radical (unpaired) electrons. The molecule has 0 saturated heterocycles. The Hall–Kier alpha value is -4.46. The number of pyridine rings is 4. The van der Waals surface area contributed by atoms with Gasteiger partial charge >= 0.3 is 0 Å². The van der Waals surface area contributed by atoms with Gasteiger partial charge in [0.15, 0.2) is 17.2 Å². The molecule has 6 aromatic heterocycles. The molecular formula is C22H14N8. The fraction of sp³-hybridized carbons (Fsp3) is 0. The van der Waals surface area contributed by atoms with E-state index in [0.717, 1.165) is 38.9 Å². The molecule has 0 aliphatic heterocycles. The largest absolute Gasteiger partial charge is 0.335 e. The van der Waals surface area contributed by atoms with Crippen LogP contribution in [-0.4, -0.2) is 40.1 Å². The van der Waals surface area contributed by atoms with E-state index in [4.69, 9.17) is 4.98 Å². The number of hydrogen-bond donors (Lipinski definition) is 2. The highest BCUT2D eigenvalue weighted by Gasteiger charge is 2.17. The van der Waals surface area contributed by atoms with Crippen molar-refractivity contribution in [3.8, 4) is 33.9 Å². The zero-order valence-corrected chi connectivity index (χ0v) is 15.6. The lowest BCUT2D eigenvalue weighted by molar-refractivity contribution is 1.10. The van der Waals surface area contributed by atoms with Crippen molar-refractivity contribution in [2.75, 3.05) is 0 Å². The zero-order chi connectivity index (χ0) is 19.9. The Morgan fingerprint density at radius 1 is 0.767 bits per heavy atom. The smallest absolute Gasteiger partial charge is 0.178 e. The molecule has 6 heterocycles. The van der Waals surface area contributed by atoms with Crippen molar-refractivity contribution in [3.05, 3.63) is 73.4 Å². The van der Waals surface area contributed by atoms with E-state index in [1.54, 1.807) is 24.8 Å². The highest BCUT2D eigenvalue weighted by atomic mass is 15.2. The lowest BCUT2D eigenvalue weighted by Crippen LogP contribution is -1.87. The highest BCUT2D eigenvalue weighted by Crippen LogP contribution is 2.30. The second-order valence-electron chi connectivity index (χ2n) is 6.79. The van der Waals surface area contributed by atoms with Crippen LogP contribution in [0.1, 0.15) is 0 Å². The number of aromatic nitrogens is 8. The molecular weight excluding hydrogens is 376 g/mol. The Labute approximate surface area is 170 Å². The van der Waals surface area contributed by atoms with Gasteiger partial charge in [-0.2, -0.15) is 5.10 Å². The lowest BCUT2D eigenvalue weighted by Gasteiger charge is -2.01. The van der Waals surface area contributed by atoms with Crippen LogP contribution in [0.4, 0.5) is 0 Å². The fourth-order valence-electron chi connectivity index (χ4n) is 3.52. The third-order valence-electron chi connectivity index (χ3n) is 4.95. The van der Waals surface area contributed by atoms with Crippen LogP contribution in [-0.2, 0) is 0 Å². The minimum Gasteiger partial charge on any atom is -0.335 e. The SMILES string of the molecule is c1cncc(-c2ccc3[nH]nc(-c4nc5nccc(-c6cccnc6)c5[nH]4)c3n2)c1. The van der Waals surface area contributed by atoms with Crippen LogP contribution in [0.15, 0.2) is 73.4 Å². The van der Waals surface area contributed by atoms with Crippen LogP contribution in [0.3, 0.4) is 0 Å². The zero-order valence-electron chi connectivity index (χ0n) is 15.6. The number of hydrogen-bond acceptors (Lipinski definition) is 6. The van der Waals surface area contributed by atoms with Gasteiger partial charge < -0.3 is 4.98 Å². The van der Waals surface area contributed by atoms with Gasteiger partial charge in [0.05, 0.1) is 16.7 Å². The van der Waals surface area contributed by atoms with Crippen molar-refractivity contribution in [2.24, 2.45) is 0 Å². The first-order valence-corrected chi connectivity index (χ1v) is 9.38. The lowest BCUT2D eigenvalue weighted by atomic mass is 10.1. The molecule has 142 valence electrons. The molecule has 0 bridgehead atoms. The average molecular weight is 390 g/mol. The number of fused-ring (bicyclic) bond motifs is 2. The van der Waals surface area contributed by atoms with Crippen LogP contribution >= 0.6 is 0 Å². The molecule has 30 heavy (non-hydrogen) atoms. The topological polar surface area (TPSA) is 109 Å². The first-order chi connectivity index (χ1) is 14.9. The van der Waals surface area contributed by atoms with Crippen LogP contribution in [0, 0.1) is 0 Å². The summed E-state index contributed by atoms with van der Waals surface area (Å²) in [4.78, 5) is 25.7. The molecule has 0 aliphatic rings. The molecule has 6 rings (SSSR count). The minimum atomic E-state index is 0.607. The van der Waals surface area contributed by atoms with Gasteiger partial charge in [0.1, 0.15) is 5.52 Å². The van der Waals surface area contributed by atoms with Gasteiger partial charge in [-0.1, -0.05) is 6.07 Å². The maximum atomic E-state index is 4.81. The highest BCUT2D eigenvalue weighted by molar-refractivity contribution is 5.94. The van der Waals surface area contributed by atoms with E-state index in [2.05, 4.69) is 35.1 Å². The van der Waals surface area contributed by atoms with Crippen LogP contribution < -0.4 is 0 Å². The predicted octanol–water partition coefficient (Wildman–Crippen LogP) is 4.02. The summed E-state index contributed by atoms with van der Waals surface area (Å²) < 4.78 is 0. The number of aromatic amines is 2. The first-order valence-electron chi connectivity index (χ1n) is 9.38. The van der Waals surface area contributed by atoms with E-state index in [-0.39, 0.29) is 0 Å². The summed E-state index contributed by atoms with van der Waals surface area (Å²) in [6.45, 7) is 0. The predicted molar refractivity (Wildman–Crippen MR) is 113 cm³/mol. The van der Waals surface area contributed by atoms with Gasteiger partial charge in [0, 0.05) is 47.7 Å². The number of H-pyrrole nitrogens is 2. The molecule has 0 unspecified atom stereocenters. The minimum absolute atomic E-state index is 0.607. The van der Waals surface area contributed by atoms with E-state index in [0.29, 0.717) is 17.2 Å². The number of imidazole rings is 1. The molecule has 0 atom stereocenters. The Kier molecular flexibility index (Phi) is 3.60. The molecule has 6 aromatic rings. The van der Waals surface area contributed by atoms with Crippen molar-refractivity contribution in [3.63, 3.8) is 0 Å². The van der Waals surface area contributed by atoms with E-state index in [9.17, 15) is 0 Å². The third kappa shape index (κ3) is 2.62. The van der Waals surface area contributed by atoms with Crippen molar-refractivity contribution in [1.29, 1.82) is 0 Å². The molecule has 2 N–H and O–H groups in total. The summed E-state index contributed by atoms with van der Waals surface area (Å²) in [5.41, 5.74) is 7.40. The van der Waals surface area contributed by atoms with Crippen LogP contribution in [0.2, 0.25) is 0 Å². The normalized spacial score (nSPS) is 11.3. The quantitative estimate of drug-likeness (QED) is 0.472. The van der Waals surface area contributed by atoms with Gasteiger partial charge in [0.2, 0.25) is 0 Å². The van der Waals surface area contributed by atoms with E-state index < -0.39 is 0 Å². The molecule has 0 amide bonds. The molecule has 0 aliphatic carbocycles. The average Bonchev–Trinajstić information content (AvgIpc) is 3.43. The first kappa shape index (κ1) is 16.5. The van der Waals surface area contributed by atoms with Gasteiger partial charge in [-0.3, -0.25) is 15.1 Å². The molecule has 8 heteroatoms. The van der Waals surface area contributed by atoms with Gasteiger partial charge in [0.25, 0.3) is 0 Å². The maximum absolute atomic E-state index is 4.81. The van der Waals surface area contributed by atoms with E-state index in [1.165, 1.54) is 0 Å². The van der Waals surface area contributed by atoms with Crippen molar-refractivity contribution in [2.45, 2.75) is 0 Å². The summed E-state index contributed by atoms with van der Waals surface area (Å²) in [6.07, 6.45) is 8.85. The molecule has 0 saturated carbocycles. The monoisotopic (exact) mass is 390 g/mol. The molecule has 0 spiro atoms. The van der Waals surface area contributed by atoms with Crippen molar-refractivity contribution in [1.82, 2.24) is 40.1 Å². The summed E-state index contributed by atoms with van der Waals surface area (Å²) in [6, 6.07) is 13.6. The fourth-order valence-corrected chi connectivity index (χ4v) is 3.52. The van der Waals surface area contributed by atoms with Crippen molar-refractivity contribution < 1.29 is 0 Å². The van der Waals surface area contributed by atoms with E-state index >= 15 is 0 Å².